The zero-order chi connectivity index (χ0) is 26.1. The Morgan fingerprint density at radius 2 is 1.72 bits per heavy atom. The van der Waals surface area contributed by atoms with E-state index in [-0.39, 0.29) is 24.2 Å². The fourth-order valence-electron chi connectivity index (χ4n) is 4.00. The molecule has 0 aliphatic rings. The molecule has 192 valence electrons. The molecule has 0 unspecified atom stereocenters. The van der Waals surface area contributed by atoms with E-state index >= 15 is 0 Å². The Morgan fingerprint density at radius 1 is 1.06 bits per heavy atom. The summed E-state index contributed by atoms with van der Waals surface area (Å²) in [4.78, 5) is 27.5. The van der Waals surface area contributed by atoms with Crippen LogP contribution in [-0.4, -0.2) is 58.8 Å². The number of hydrogen-bond acceptors (Lipinski definition) is 5. The quantitative estimate of drug-likeness (QED) is 0.290. The zero-order valence-electron chi connectivity index (χ0n) is 21.5. The summed E-state index contributed by atoms with van der Waals surface area (Å²) < 4.78 is 7.81. The van der Waals surface area contributed by atoms with Crippen molar-refractivity contribution in [2.24, 2.45) is 0 Å². The van der Waals surface area contributed by atoms with Crippen LogP contribution in [0.15, 0.2) is 59.1 Å². The largest absolute Gasteiger partial charge is 0.461 e. The van der Waals surface area contributed by atoms with Gasteiger partial charge in [0.25, 0.3) is 5.91 Å². The van der Waals surface area contributed by atoms with Gasteiger partial charge in [-0.05, 0) is 88.8 Å². The summed E-state index contributed by atoms with van der Waals surface area (Å²) in [7, 11) is 0. The van der Waals surface area contributed by atoms with E-state index in [4.69, 9.17) is 4.74 Å². The van der Waals surface area contributed by atoms with Gasteiger partial charge < -0.3 is 15.0 Å². The fourth-order valence-corrected chi connectivity index (χ4v) is 4.27. The molecule has 1 atom stereocenters. The molecule has 0 radical (unpaired) electrons. The summed E-state index contributed by atoms with van der Waals surface area (Å²) in [6.07, 6.45) is 1.98. The maximum absolute atomic E-state index is 12.8. The summed E-state index contributed by atoms with van der Waals surface area (Å²) in [5.41, 5.74) is 3.21. The molecule has 0 saturated carbocycles. The highest BCUT2D eigenvalue weighted by molar-refractivity contribution is 9.10. The standard InChI is InChI=1S/C28H35BrN4O3/c1-5-32(6-2)18-8-9-20(4)30-27(34)22-12-16-24(17-13-22)33-26(21-10-14-23(29)15-11-21)19-25(31-33)28(35)36-7-3/h10-17,19-20H,5-9,18H2,1-4H3,(H,30,34)/t20-/m1/s1. The third-order valence-corrected chi connectivity index (χ3v) is 6.62. The van der Waals surface area contributed by atoms with Gasteiger partial charge in [-0.3, -0.25) is 4.79 Å². The van der Waals surface area contributed by atoms with Gasteiger partial charge in [-0.25, -0.2) is 9.48 Å². The first-order chi connectivity index (χ1) is 17.4. The van der Waals surface area contributed by atoms with Crippen molar-refractivity contribution in [2.75, 3.05) is 26.2 Å². The van der Waals surface area contributed by atoms with Crippen LogP contribution in [0.3, 0.4) is 0 Å². The molecular formula is C28H35BrN4O3. The summed E-state index contributed by atoms with van der Waals surface area (Å²) >= 11 is 3.46. The Balaban J connectivity index is 1.75. The van der Waals surface area contributed by atoms with E-state index in [1.54, 1.807) is 29.8 Å². The number of benzene rings is 2. The molecule has 36 heavy (non-hydrogen) atoms. The lowest BCUT2D eigenvalue weighted by molar-refractivity contribution is 0.0518. The van der Waals surface area contributed by atoms with Crippen LogP contribution in [0.5, 0.6) is 0 Å². The molecule has 0 aliphatic heterocycles. The highest BCUT2D eigenvalue weighted by Crippen LogP contribution is 2.26. The molecule has 1 heterocycles. The maximum atomic E-state index is 12.8. The molecule has 0 spiro atoms. The predicted molar refractivity (Wildman–Crippen MR) is 147 cm³/mol. The molecule has 1 amide bonds. The van der Waals surface area contributed by atoms with Gasteiger partial charge in [0.15, 0.2) is 5.69 Å². The van der Waals surface area contributed by atoms with Gasteiger partial charge in [-0.15, -0.1) is 0 Å². The monoisotopic (exact) mass is 554 g/mol. The number of halogens is 1. The Hall–Kier alpha value is -2.97. The van der Waals surface area contributed by atoms with Crippen LogP contribution in [0.4, 0.5) is 0 Å². The molecule has 2 aromatic carbocycles. The van der Waals surface area contributed by atoms with E-state index < -0.39 is 5.97 Å². The Bertz CT molecular complexity index is 1140. The number of esters is 1. The van der Waals surface area contributed by atoms with Crippen LogP contribution in [0, 0.1) is 0 Å². The average molecular weight is 556 g/mol. The zero-order valence-corrected chi connectivity index (χ0v) is 23.0. The van der Waals surface area contributed by atoms with E-state index in [1.165, 1.54) is 0 Å². The molecule has 0 bridgehead atoms. The molecule has 0 saturated heterocycles. The van der Waals surface area contributed by atoms with Crippen molar-refractivity contribution in [3.63, 3.8) is 0 Å². The van der Waals surface area contributed by atoms with Crippen molar-refractivity contribution >= 4 is 27.8 Å². The number of hydrogen-bond donors (Lipinski definition) is 1. The normalized spacial score (nSPS) is 11.9. The number of amides is 1. The van der Waals surface area contributed by atoms with Gasteiger partial charge in [0, 0.05) is 21.6 Å². The Morgan fingerprint density at radius 3 is 2.33 bits per heavy atom. The highest BCUT2D eigenvalue weighted by Gasteiger charge is 2.18. The summed E-state index contributed by atoms with van der Waals surface area (Å²) in [6, 6.07) is 16.8. The SMILES string of the molecule is CCOC(=O)c1cc(-c2ccc(Br)cc2)n(-c2ccc(C(=O)N[C@H](C)CCCN(CC)CC)cc2)n1. The van der Waals surface area contributed by atoms with Crippen LogP contribution >= 0.6 is 15.9 Å². The molecular weight excluding hydrogens is 520 g/mol. The molecule has 8 heteroatoms. The van der Waals surface area contributed by atoms with Crippen LogP contribution in [0.2, 0.25) is 0 Å². The van der Waals surface area contributed by atoms with Crippen LogP contribution < -0.4 is 5.32 Å². The second-order valence-corrected chi connectivity index (χ2v) is 9.56. The highest BCUT2D eigenvalue weighted by atomic mass is 79.9. The lowest BCUT2D eigenvalue weighted by Crippen LogP contribution is -2.33. The van der Waals surface area contributed by atoms with Crippen molar-refractivity contribution in [1.29, 1.82) is 0 Å². The fraction of sp³-hybridized carbons (Fsp3) is 0.393. The topological polar surface area (TPSA) is 76.5 Å². The minimum atomic E-state index is -0.472. The first kappa shape index (κ1) is 27.6. The van der Waals surface area contributed by atoms with Crippen LogP contribution in [0.1, 0.15) is 61.4 Å². The molecule has 1 N–H and O–H groups in total. The van der Waals surface area contributed by atoms with Gasteiger partial charge in [0.2, 0.25) is 0 Å². The number of nitrogens with one attached hydrogen (secondary N) is 1. The smallest absolute Gasteiger partial charge is 0.358 e. The first-order valence-electron chi connectivity index (χ1n) is 12.5. The summed E-state index contributed by atoms with van der Waals surface area (Å²) in [5, 5.41) is 7.60. The van der Waals surface area contributed by atoms with Crippen molar-refractivity contribution in [3.8, 4) is 16.9 Å². The van der Waals surface area contributed by atoms with E-state index in [0.717, 1.165) is 53.9 Å². The second-order valence-electron chi connectivity index (χ2n) is 8.64. The molecule has 7 nitrogen and oxygen atoms in total. The summed E-state index contributed by atoms with van der Waals surface area (Å²) in [6.45, 7) is 11.6. The lowest BCUT2D eigenvalue weighted by Gasteiger charge is -2.19. The predicted octanol–water partition coefficient (Wildman–Crippen LogP) is 5.72. The van der Waals surface area contributed by atoms with Crippen LogP contribution in [0.25, 0.3) is 16.9 Å². The van der Waals surface area contributed by atoms with Gasteiger partial charge in [0.1, 0.15) is 0 Å². The number of rotatable bonds is 12. The molecule has 1 aromatic heterocycles. The number of nitrogens with zero attached hydrogens (tertiary/aromatic N) is 3. The Labute approximate surface area is 222 Å². The van der Waals surface area contributed by atoms with E-state index in [1.807, 2.05) is 43.3 Å². The first-order valence-corrected chi connectivity index (χ1v) is 13.3. The van der Waals surface area contributed by atoms with Gasteiger partial charge in [-0.1, -0.05) is 41.9 Å². The van der Waals surface area contributed by atoms with Crippen molar-refractivity contribution in [3.05, 3.63) is 70.3 Å². The van der Waals surface area contributed by atoms with Crippen molar-refractivity contribution in [2.45, 2.75) is 46.6 Å². The summed E-state index contributed by atoms with van der Waals surface area (Å²) in [5.74, 6) is -0.571. The molecule has 3 aromatic rings. The lowest BCUT2D eigenvalue weighted by atomic mass is 10.1. The third-order valence-electron chi connectivity index (χ3n) is 6.09. The van der Waals surface area contributed by atoms with Crippen LogP contribution in [-0.2, 0) is 4.74 Å². The molecule has 0 fully saturated rings. The van der Waals surface area contributed by atoms with E-state index in [9.17, 15) is 9.59 Å². The van der Waals surface area contributed by atoms with Crippen molar-refractivity contribution in [1.82, 2.24) is 20.0 Å². The van der Waals surface area contributed by atoms with E-state index in [0.29, 0.717) is 5.56 Å². The van der Waals surface area contributed by atoms with Gasteiger partial charge in [0.05, 0.1) is 18.0 Å². The Kier molecular flexibility index (Phi) is 10.3. The van der Waals surface area contributed by atoms with Crippen molar-refractivity contribution < 1.29 is 14.3 Å². The number of aromatic nitrogens is 2. The second kappa shape index (κ2) is 13.4. The van der Waals surface area contributed by atoms with Gasteiger partial charge >= 0.3 is 5.97 Å². The number of ether oxygens (including phenoxy) is 1. The number of carbonyl (C=O) groups excluding carboxylic acids is 2. The minimum absolute atomic E-state index is 0.0926. The third kappa shape index (κ3) is 7.27. The average Bonchev–Trinajstić information content (AvgIpc) is 3.33. The number of carbonyl (C=O) groups is 2. The van der Waals surface area contributed by atoms with Gasteiger partial charge in [-0.2, -0.15) is 5.10 Å². The van der Waals surface area contributed by atoms with E-state index in [2.05, 4.69) is 45.1 Å². The molecule has 0 aliphatic carbocycles. The minimum Gasteiger partial charge on any atom is -0.461 e. The molecule has 3 rings (SSSR count). The maximum Gasteiger partial charge on any atom is 0.358 e.